The van der Waals surface area contributed by atoms with Gasteiger partial charge in [-0.25, -0.2) is 23.4 Å². The van der Waals surface area contributed by atoms with Gasteiger partial charge in [-0.1, -0.05) is 53.5 Å². The van der Waals surface area contributed by atoms with Crippen LogP contribution in [-0.2, 0) is 24.7 Å². The maximum atomic E-state index is 13.7. The fourth-order valence-corrected chi connectivity index (χ4v) is 6.26. The van der Waals surface area contributed by atoms with Crippen molar-refractivity contribution in [2.75, 3.05) is 46.7 Å². The van der Waals surface area contributed by atoms with Gasteiger partial charge in [0.2, 0.25) is 12.3 Å². The van der Waals surface area contributed by atoms with Gasteiger partial charge in [0.1, 0.15) is 11.5 Å². The summed E-state index contributed by atoms with van der Waals surface area (Å²) in [7, 11) is 8.73. The third-order valence-corrected chi connectivity index (χ3v) is 8.88. The SMILES string of the molecule is CNC.CNCCCNC=O.COc1nc(-c2cccc(-c3cccc(Nc4nc(C(F)F)cc5cnn(C)c(=O)c45)c3Cl)c2Cl)cc2c1CCC2. The number of amides is 1. The Morgan fingerprint density at radius 2 is 1.67 bits per heavy atom. The predicted molar refractivity (Wildman–Crippen MR) is 204 cm³/mol. The summed E-state index contributed by atoms with van der Waals surface area (Å²) in [5, 5.41) is 16.3. The van der Waals surface area contributed by atoms with E-state index in [1.165, 1.54) is 18.8 Å². The van der Waals surface area contributed by atoms with E-state index in [9.17, 15) is 18.4 Å². The zero-order valence-corrected chi connectivity index (χ0v) is 31.1. The first-order valence-electron chi connectivity index (χ1n) is 16.6. The number of benzene rings is 2. The van der Waals surface area contributed by atoms with Crippen molar-refractivity contribution >= 4 is 51.9 Å². The maximum Gasteiger partial charge on any atom is 0.280 e. The number of methoxy groups -OCH3 is 1. The van der Waals surface area contributed by atoms with E-state index in [2.05, 4.69) is 37.4 Å². The highest BCUT2D eigenvalue weighted by molar-refractivity contribution is 6.39. The van der Waals surface area contributed by atoms with Crippen molar-refractivity contribution in [3.8, 4) is 28.3 Å². The van der Waals surface area contributed by atoms with Crippen molar-refractivity contribution in [2.45, 2.75) is 32.1 Å². The lowest BCUT2D eigenvalue weighted by molar-refractivity contribution is -0.109. The van der Waals surface area contributed by atoms with Crippen LogP contribution in [0, 0.1) is 0 Å². The van der Waals surface area contributed by atoms with E-state index >= 15 is 0 Å². The molecule has 0 bridgehead atoms. The van der Waals surface area contributed by atoms with Crippen LogP contribution in [-0.4, -0.2) is 67.5 Å². The molecule has 1 aliphatic carbocycles. The number of rotatable bonds is 11. The number of hydrogen-bond donors (Lipinski definition) is 4. The number of anilines is 2. The number of carbonyl (C=O) groups excluding carboxylic acids is 1. The second-order valence-electron chi connectivity index (χ2n) is 11.7. The Hall–Kier alpha value is -4.69. The van der Waals surface area contributed by atoms with E-state index in [1.54, 1.807) is 25.3 Å². The average Bonchev–Trinajstić information content (AvgIpc) is 3.62. The van der Waals surface area contributed by atoms with Crippen LogP contribution in [0.2, 0.25) is 10.0 Å². The summed E-state index contributed by atoms with van der Waals surface area (Å²) in [5.74, 6) is 0.557. The molecule has 276 valence electrons. The van der Waals surface area contributed by atoms with E-state index < -0.39 is 17.7 Å². The Bertz CT molecular complexity index is 2060. The van der Waals surface area contributed by atoms with E-state index in [0.29, 0.717) is 33.4 Å². The standard InChI is InChI=1S/C30H23Cl2F2N5O2.C5H12N2O.C2H7N/c1-39-30(40)24-16(14-35-39)13-23(27(33)34)37-28(24)36-21-11-5-9-19(26(21)32)18-8-4-10-20(25(18)31)22-12-15-6-3-7-17(15)29(38-22)41-2;1-6-3-2-4-7-5-8;1-3-2/h4-5,8-14,27H,3,6-7H2,1-2H3,(H,36,37);5-6H,2-4H2,1H3,(H,7,8);3H,1-2H3. The van der Waals surface area contributed by atoms with E-state index in [4.69, 9.17) is 32.9 Å². The van der Waals surface area contributed by atoms with Crippen LogP contribution in [0.1, 0.15) is 36.1 Å². The highest BCUT2D eigenvalue weighted by atomic mass is 35.5. The van der Waals surface area contributed by atoms with Gasteiger partial charge in [0.05, 0.1) is 40.1 Å². The molecule has 11 nitrogen and oxygen atoms in total. The Labute approximate surface area is 311 Å². The second kappa shape index (κ2) is 19.2. The number of nitrogens with one attached hydrogen (secondary N) is 4. The summed E-state index contributed by atoms with van der Waals surface area (Å²) in [6.07, 6.45) is 3.15. The molecule has 4 N–H and O–H groups in total. The van der Waals surface area contributed by atoms with Crippen molar-refractivity contribution in [2.24, 2.45) is 7.05 Å². The van der Waals surface area contributed by atoms with Crippen LogP contribution in [0.25, 0.3) is 33.2 Å². The Kier molecular flexibility index (Phi) is 14.8. The number of aryl methyl sites for hydroxylation is 2. The molecular weight excluding hydrogens is 713 g/mol. The first kappa shape index (κ1) is 40.1. The number of nitrogens with zero attached hydrogens (tertiary/aromatic N) is 4. The van der Waals surface area contributed by atoms with E-state index in [1.807, 2.05) is 39.3 Å². The number of halogens is 4. The van der Waals surface area contributed by atoms with Gasteiger partial charge in [0.15, 0.2) is 0 Å². The summed E-state index contributed by atoms with van der Waals surface area (Å²) >= 11 is 13.9. The quantitative estimate of drug-likeness (QED) is 0.0857. The van der Waals surface area contributed by atoms with E-state index in [-0.39, 0.29) is 21.6 Å². The molecule has 0 unspecified atom stereocenters. The van der Waals surface area contributed by atoms with Gasteiger partial charge in [-0.15, -0.1) is 0 Å². The topological polar surface area (TPSA) is 135 Å². The largest absolute Gasteiger partial charge is 0.481 e. The summed E-state index contributed by atoms with van der Waals surface area (Å²) in [5.41, 5.74) is 4.39. The van der Waals surface area contributed by atoms with Crippen LogP contribution in [0.3, 0.4) is 0 Å². The fraction of sp³-hybridized carbons (Fsp3) is 0.324. The minimum Gasteiger partial charge on any atom is -0.481 e. The van der Waals surface area contributed by atoms with Crippen LogP contribution in [0.5, 0.6) is 5.88 Å². The molecule has 15 heteroatoms. The molecule has 3 aromatic heterocycles. The first-order chi connectivity index (χ1) is 25.1. The maximum absolute atomic E-state index is 13.7. The molecule has 0 atom stereocenters. The average molecular weight is 756 g/mol. The Morgan fingerprint density at radius 3 is 2.35 bits per heavy atom. The van der Waals surface area contributed by atoms with Gasteiger partial charge in [0, 0.05) is 41.2 Å². The van der Waals surface area contributed by atoms with Crippen molar-refractivity contribution in [3.63, 3.8) is 0 Å². The fourth-order valence-electron chi connectivity index (χ4n) is 5.66. The third-order valence-electron chi connectivity index (χ3n) is 8.06. The molecule has 1 amide bonds. The number of alkyl halides is 2. The van der Waals surface area contributed by atoms with Gasteiger partial charge in [-0.05, 0) is 77.1 Å². The minimum atomic E-state index is -2.85. The molecule has 0 aliphatic heterocycles. The number of fused-ring (bicyclic) bond motifs is 2. The number of carbonyl (C=O) groups is 1. The normalized spacial score (nSPS) is 11.7. The molecular formula is C37H42Cl2F2N8O3. The molecule has 0 fully saturated rings. The molecule has 0 saturated carbocycles. The zero-order chi connectivity index (χ0) is 37.8. The zero-order valence-electron chi connectivity index (χ0n) is 29.6. The van der Waals surface area contributed by atoms with Gasteiger partial charge in [-0.2, -0.15) is 5.10 Å². The van der Waals surface area contributed by atoms with Crippen molar-refractivity contribution in [3.05, 3.63) is 91.9 Å². The van der Waals surface area contributed by atoms with Gasteiger partial charge >= 0.3 is 0 Å². The highest BCUT2D eigenvalue weighted by Crippen LogP contribution is 2.43. The number of hydrogen-bond acceptors (Lipinski definition) is 9. The molecule has 0 spiro atoms. The molecule has 0 saturated heterocycles. The lowest BCUT2D eigenvalue weighted by Crippen LogP contribution is -2.20. The van der Waals surface area contributed by atoms with Crippen molar-refractivity contribution in [1.29, 1.82) is 0 Å². The summed E-state index contributed by atoms with van der Waals surface area (Å²) in [6.45, 7) is 1.73. The monoisotopic (exact) mass is 754 g/mol. The van der Waals surface area contributed by atoms with E-state index in [0.717, 1.165) is 67.1 Å². The summed E-state index contributed by atoms with van der Waals surface area (Å²) in [4.78, 5) is 31.3. The highest BCUT2D eigenvalue weighted by Gasteiger charge is 2.22. The predicted octanol–water partition coefficient (Wildman–Crippen LogP) is 6.72. The summed E-state index contributed by atoms with van der Waals surface area (Å²) in [6, 6.07) is 14.0. The molecule has 3 heterocycles. The number of aromatic nitrogens is 4. The molecule has 6 rings (SSSR count). The summed E-state index contributed by atoms with van der Waals surface area (Å²) < 4.78 is 34.0. The molecule has 2 aromatic carbocycles. The number of ether oxygens (including phenoxy) is 1. The van der Waals surface area contributed by atoms with Crippen LogP contribution >= 0.6 is 23.2 Å². The molecule has 1 aliphatic rings. The second-order valence-corrected chi connectivity index (χ2v) is 12.5. The molecule has 0 radical (unpaired) electrons. The van der Waals surface area contributed by atoms with Crippen LogP contribution < -0.4 is 31.6 Å². The van der Waals surface area contributed by atoms with Crippen LogP contribution in [0.15, 0.2) is 59.5 Å². The van der Waals surface area contributed by atoms with Gasteiger partial charge in [0.25, 0.3) is 12.0 Å². The van der Waals surface area contributed by atoms with Crippen molar-refractivity contribution < 1.29 is 18.3 Å². The molecule has 52 heavy (non-hydrogen) atoms. The number of pyridine rings is 2. The Morgan fingerprint density at radius 1 is 0.981 bits per heavy atom. The minimum absolute atomic E-state index is 0.0471. The van der Waals surface area contributed by atoms with Crippen LogP contribution in [0.4, 0.5) is 20.3 Å². The first-order valence-corrected chi connectivity index (χ1v) is 17.3. The lowest BCUT2D eigenvalue weighted by atomic mass is 9.99. The Balaban J connectivity index is 0.000000482. The molecule has 5 aromatic rings. The lowest BCUT2D eigenvalue weighted by Gasteiger charge is -2.16. The van der Waals surface area contributed by atoms with Gasteiger partial charge in [-0.3, -0.25) is 9.59 Å². The van der Waals surface area contributed by atoms with Gasteiger partial charge < -0.3 is 26.0 Å². The van der Waals surface area contributed by atoms with Crippen molar-refractivity contribution in [1.82, 2.24) is 35.7 Å². The third kappa shape index (κ3) is 9.39. The smallest absolute Gasteiger partial charge is 0.280 e.